The molecule has 0 bridgehead atoms. The first-order chi connectivity index (χ1) is 13.4. The van der Waals surface area contributed by atoms with E-state index in [2.05, 4.69) is 15.5 Å². The fraction of sp³-hybridized carbons (Fsp3) is 0.476. The van der Waals surface area contributed by atoms with Crippen molar-refractivity contribution in [2.24, 2.45) is 10.2 Å². The summed E-state index contributed by atoms with van der Waals surface area (Å²) in [7, 11) is 0. The van der Waals surface area contributed by atoms with Crippen molar-refractivity contribution in [3.05, 3.63) is 40.7 Å². The molecule has 148 valence electrons. The number of nitrogens with zero attached hydrogens (tertiary/aromatic N) is 2. The van der Waals surface area contributed by atoms with Crippen molar-refractivity contribution in [3.8, 4) is 0 Å². The molecule has 1 unspecified atom stereocenters. The molecule has 2 aliphatic rings. The molecule has 1 aliphatic heterocycles. The number of Topliss-reactive ketones (excluding diaryl/α,β-unsaturated/α-hetero) is 1. The average Bonchev–Trinajstić information content (AvgIpc) is 2.66. The first kappa shape index (κ1) is 20.0. The molecule has 7 heteroatoms. The summed E-state index contributed by atoms with van der Waals surface area (Å²) >= 11 is 0. The van der Waals surface area contributed by atoms with Crippen LogP contribution in [0, 0.1) is 5.82 Å². The zero-order chi connectivity index (χ0) is 20.1. The average molecular weight is 385 g/mol. The zero-order valence-electron chi connectivity index (χ0n) is 16.0. The van der Waals surface area contributed by atoms with E-state index in [9.17, 15) is 18.8 Å². The third-order valence-electron chi connectivity index (χ3n) is 5.13. The number of benzene rings is 1. The highest BCUT2D eigenvalue weighted by molar-refractivity contribution is 5.95. The number of rotatable bonds is 7. The molecule has 1 aromatic rings. The smallest absolute Gasteiger partial charge is 0.291 e. The van der Waals surface area contributed by atoms with E-state index in [1.54, 1.807) is 12.1 Å². The number of anilines is 1. The third kappa shape index (κ3) is 4.97. The van der Waals surface area contributed by atoms with Crippen molar-refractivity contribution in [2.75, 3.05) is 5.32 Å². The number of hydrogen-bond acceptors (Lipinski definition) is 4. The number of hydrogen-bond donors (Lipinski definition) is 1. The number of halogens is 1. The van der Waals surface area contributed by atoms with E-state index in [-0.39, 0.29) is 35.7 Å². The molecule has 1 heterocycles. The van der Waals surface area contributed by atoms with Crippen LogP contribution >= 0.6 is 0 Å². The Morgan fingerprint density at radius 1 is 1.21 bits per heavy atom. The van der Waals surface area contributed by atoms with Gasteiger partial charge in [0.2, 0.25) is 5.91 Å². The zero-order valence-corrected chi connectivity index (χ0v) is 16.0. The lowest BCUT2D eigenvalue weighted by molar-refractivity contribution is -0.118. The number of amides is 2. The third-order valence-corrected chi connectivity index (χ3v) is 5.13. The van der Waals surface area contributed by atoms with Crippen molar-refractivity contribution < 1.29 is 18.8 Å². The lowest BCUT2D eigenvalue weighted by atomic mass is 9.84. The molecule has 1 aliphatic carbocycles. The van der Waals surface area contributed by atoms with Crippen LogP contribution in [0.15, 0.2) is 39.6 Å². The highest BCUT2D eigenvalue weighted by Crippen LogP contribution is 2.34. The molecule has 0 saturated carbocycles. The van der Waals surface area contributed by atoms with Gasteiger partial charge in [0.25, 0.3) is 5.91 Å². The standard InChI is InChI=1S/C21H24FN3O3/c1-13(26)5-4-8-20(27)23-19-12-14(9-10-17(19)22)11-18-15-6-2-3-7-16(15)21(28)25-24-18/h9-10,12,18H,2-8,11H2,1H3,(H,23,27). The molecule has 28 heavy (non-hydrogen) atoms. The summed E-state index contributed by atoms with van der Waals surface area (Å²) in [4.78, 5) is 34.9. The Kier molecular flexibility index (Phi) is 6.44. The minimum atomic E-state index is -0.512. The lowest BCUT2D eigenvalue weighted by Gasteiger charge is -2.25. The maximum absolute atomic E-state index is 14.1. The van der Waals surface area contributed by atoms with E-state index in [1.165, 1.54) is 13.0 Å². The molecular formula is C21H24FN3O3. The summed E-state index contributed by atoms with van der Waals surface area (Å²) in [6, 6.07) is 4.38. The topological polar surface area (TPSA) is 88.0 Å². The monoisotopic (exact) mass is 385 g/mol. The van der Waals surface area contributed by atoms with Crippen LogP contribution < -0.4 is 5.32 Å². The summed E-state index contributed by atoms with van der Waals surface area (Å²) < 4.78 is 14.1. The second kappa shape index (κ2) is 8.99. The molecule has 3 rings (SSSR count). The summed E-state index contributed by atoms with van der Waals surface area (Å²) in [5.41, 5.74) is 2.76. The van der Waals surface area contributed by atoms with Gasteiger partial charge < -0.3 is 10.1 Å². The van der Waals surface area contributed by atoms with Gasteiger partial charge in [-0.2, -0.15) is 5.11 Å². The predicted octanol–water partition coefficient (Wildman–Crippen LogP) is 4.30. The Morgan fingerprint density at radius 2 is 2.00 bits per heavy atom. The quantitative estimate of drug-likeness (QED) is 0.759. The highest BCUT2D eigenvalue weighted by Gasteiger charge is 2.29. The molecular weight excluding hydrogens is 361 g/mol. The summed E-state index contributed by atoms with van der Waals surface area (Å²) in [6.45, 7) is 1.48. The van der Waals surface area contributed by atoms with Gasteiger partial charge >= 0.3 is 0 Å². The fourth-order valence-corrected chi connectivity index (χ4v) is 3.69. The van der Waals surface area contributed by atoms with Gasteiger partial charge in [-0.05, 0) is 62.3 Å². The van der Waals surface area contributed by atoms with Gasteiger partial charge in [-0.1, -0.05) is 6.07 Å². The second-order valence-electron chi connectivity index (χ2n) is 7.37. The molecule has 0 saturated heterocycles. The molecule has 2 amide bonds. The largest absolute Gasteiger partial charge is 0.324 e. The Labute approximate surface area is 163 Å². The van der Waals surface area contributed by atoms with Gasteiger partial charge in [-0.25, -0.2) is 4.39 Å². The van der Waals surface area contributed by atoms with Crippen LogP contribution in [-0.4, -0.2) is 23.6 Å². The van der Waals surface area contributed by atoms with Gasteiger partial charge in [0.15, 0.2) is 0 Å². The van der Waals surface area contributed by atoms with E-state index in [0.29, 0.717) is 19.3 Å². The van der Waals surface area contributed by atoms with Crippen LogP contribution in [0.25, 0.3) is 0 Å². The van der Waals surface area contributed by atoms with E-state index < -0.39 is 5.82 Å². The molecule has 1 N–H and O–H groups in total. The van der Waals surface area contributed by atoms with E-state index >= 15 is 0 Å². The van der Waals surface area contributed by atoms with Crippen molar-refractivity contribution in [2.45, 2.75) is 64.3 Å². The molecule has 1 atom stereocenters. The van der Waals surface area contributed by atoms with Crippen LogP contribution in [0.5, 0.6) is 0 Å². The maximum Gasteiger partial charge on any atom is 0.291 e. The van der Waals surface area contributed by atoms with Crippen molar-refractivity contribution in [1.29, 1.82) is 0 Å². The van der Waals surface area contributed by atoms with Crippen LogP contribution in [-0.2, 0) is 20.8 Å². The minimum absolute atomic E-state index is 0.0255. The van der Waals surface area contributed by atoms with Crippen molar-refractivity contribution in [3.63, 3.8) is 0 Å². The van der Waals surface area contributed by atoms with Crippen molar-refractivity contribution >= 4 is 23.3 Å². The van der Waals surface area contributed by atoms with Gasteiger partial charge in [0.05, 0.1) is 11.7 Å². The lowest BCUT2D eigenvalue weighted by Crippen LogP contribution is -2.23. The van der Waals surface area contributed by atoms with E-state index in [1.807, 2.05) is 0 Å². The normalized spacial score (nSPS) is 18.8. The maximum atomic E-state index is 14.1. The van der Waals surface area contributed by atoms with Gasteiger partial charge in [0, 0.05) is 24.8 Å². The number of ketones is 1. The van der Waals surface area contributed by atoms with Gasteiger partial charge in [-0.3, -0.25) is 9.59 Å². The Bertz CT molecular complexity index is 860. The molecule has 0 spiro atoms. The SMILES string of the molecule is CC(=O)CCCC(=O)Nc1cc(CC2N=NC(=O)C3=C2CCCC3)ccc1F. The second-order valence-corrected chi connectivity index (χ2v) is 7.37. The Morgan fingerprint density at radius 3 is 2.79 bits per heavy atom. The molecule has 6 nitrogen and oxygen atoms in total. The van der Waals surface area contributed by atoms with Crippen LogP contribution in [0.2, 0.25) is 0 Å². The highest BCUT2D eigenvalue weighted by atomic mass is 19.1. The predicted molar refractivity (Wildman–Crippen MR) is 102 cm³/mol. The minimum Gasteiger partial charge on any atom is -0.324 e. The first-order valence-corrected chi connectivity index (χ1v) is 9.69. The van der Waals surface area contributed by atoms with Crippen LogP contribution in [0.4, 0.5) is 10.1 Å². The van der Waals surface area contributed by atoms with Crippen molar-refractivity contribution in [1.82, 2.24) is 0 Å². The summed E-state index contributed by atoms with van der Waals surface area (Å²) in [5, 5.41) is 10.5. The fourth-order valence-electron chi connectivity index (χ4n) is 3.69. The van der Waals surface area contributed by atoms with Crippen LogP contribution in [0.3, 0.4) is 0 Å². The summed E-state index contributed by atoms with van der Waals surface area (Å²) in [6.07, 6.45) is 5.04. The Hall–Kier alpha value is -2.70. The first-order valence-electron chi connectivity index (χ1n) is 9.69. The Balaban J connectivity index is 1.68. The van der Waals surface area contributed by atoms with Gasteiger partial charge in [0.1, 0.15) is 11.6 Å². The number of nitrogens with one attached hydrogen (secondary N) is 1. The van der Waals surface area contributed by atoms with E-state index in [4.69, 9.17) is 0 Å². The molecule has 1 aromatic carbocycles. The number of azo groups is 1. The summed E-state index contributed by atoms with van der Waals surface area (Å²) in [5.74, 6) is -1.04. The number of carbonyl (C=O) groups excluding carboxylic acids is 3. The van der Waals surface area contributed by atoms with E-state index in [0.717, 1.165) is 42.4 Å². The molecule has 0 aromatic heterocycles. The van der Waals surface area contributed by atoms with Crippen LogP contribution in [0.1, 0.15) is 57.4 Å². The van der Waals surface area contributed by atoms with Gasteiger partial charge in [-0.15, -0.1) is 5.11 Å². The number of carbonyl (C=O) groups is 3. The molecule has 0 radical (unpaired) electrons. The molecule has 0 fully saturated rings.